The van der Waals surface area contributed by atoms with Crippen LogP contribution in [0.1, 0.15) is 24.5 Å². The third-order valence-electron chi connectivity index (χ3n) is 3.48. The third-order valence-corrected chi connectivity index (χ3v) is 3.48. The number of benzene rings is 1. The van der Waals surface area contributed by atoms with Crippen LogP contribution in [0.25, 0.3) is 0 Å². The van der Waals surface area contributed by atoms with Crippen molar-refractivity contribution in [3.8, 4) is 0 Å². The summed E-state index contributed by atoms with van der Waals surface area (Å²) in [4.78, 5) is 25.7. The van der Waals surface area contributed by atoms with Crippen LogP contribution in [0.5, 0.6) is 0 Å². The molecule has 0 spiro atoms. The zero-order valence-electron chi connectivity index (χ0n) is 11.5. The molecule has 1 N–H and O–H groups in total. The van der Waals surface area contributed by atoms with E-state index in [4.69, 9.17) is 0 Å². The van der Waals surface area contributed by atoms with E-state index < -0.39 is 5.54 Å². The first kappa shape index (κ1) is 13.3. The second-order valence-corrected chi connectivity index (χ2v) is 4.96. The number of hydrogen-bond acceptors (Lipinski definition) is 2. The van der Waals surface area contributed by atoms with E-state index in [1.807, 2.05) is 25.1 Å². The van der Waals surface area contributed by atoms with Gasteiger partial charge in [-0.1, -0.05) is 23.8 Å². The van der Waals surface area contributed by atoms with E-state index in [2.05, 4.69) is 11.9 Å². The second kappa shape index (κ2) is 4.53. The van der Waals surface area contributed by atoms with Gasteiger partial charge >= 0.3 is 0 Å². The fourth-order valence-corrected chi connectivity index (χ4v) is 2.68. The smallest absolute Gasteiger partial charge is 0.257 e. The molecule has 0 bridgehead atoms. The summed E-state index contributed by atoms with van der Waals surface area (Å²) < 4.78 is 0. The van der Waals surface area contributed by atoms with Crippen molar-refractivity contribution in [2.24, 2.45) is 0 Å². The lowest BCUT2D eigenvalue weighted by molar-refractivity contribution is -0.130. The SMILES string of the molecule is C=CCC1(NC(C)=O)C(=O)N(C)c2ccc(C)cc21. The molecule has 0 fully saturated rings. The number of amides is 2. The molecule has 2 rings (SSSR count). The van der Waals surface area contributed by atoms with Gasteiger partial charge in [-0.3, -0.25) is 9.59 Å². The first-order valence-electron chi connectivity index (χ1n) is 6.21. The monoisotopic (exact) mass is 258 g/mol. The van der Waals surface area contributed by atoms with Crippen LogP contribution < -0.4 is 10.2 Å². The van der Waals surface area contributed by atoms with E-state index >= 15 is 0 Å². The van der Waals surface area contributed by atoms with Gasteiger partial charge < -0.3 is 10.2 Å². The van der Waals surface area contributed by atoms with Gasteiger partial charge in [0.25, 0.3) is 5.91 Å². The van der Waals surface area contributed by atoms with Crippen LogP contribution in [0.2, 0.25) is 0 Å². The average molecular weight is 258 g/mol. The van der Waals surface area contributed by atoms with Crippen molar-refractivity contribution < 1.29 is 9.59 Å². The molecule has 1 aliphatic heterocycles. The highest BCUT2D eigenvalue weighted by molar-refractivity contribution is 6.09. The summed E-state index contributed by atoms with van der Waals surface area (Å²) in [5.74, 6) is -0.346. The van der Waals surface area contributed by atoms with Gasteiger partial charge in [0.1, 0.15) is 0 Å². The van der Waals surface area contributed by atoms with Crippen molar-refractivity contribution in [2.45, 2.75) is 25.8 Å². The average Bonchev–Trinajstić information content (AvgIpc) is 2.52. The molecule has 0 saturated carbocycles. The highest BCUT2D eigenvalue weighted by Gasteiger charge is 2.49. The summed E-state index contributed by atoms with van der Waals surface area (Å²) >= 11 is 0. The number of aryl methyl sites for hydroxylation is 1. The Bertz CT molecular complexity index is 565. The molecular weight excluding hydrogens is 240 g/mol. The maximum Gasteiger partial charge on any atom is 0.257 e. The molecule has 100 valence electrons. The van der Waals surface area contributed by atoms with Crippen LogP contribution in [0.4, 0.5) is 5.69 Å². The Morgan fingerprint density at radius 2 is 2.21 bits per heavy atom. The molecule has 1 unspecified atom stereocenters. The van der Waals surface area contributed by atoms with Crippen molar-refractivity contribution >= 4 is 17.5 Å². The fraction of sp³-hybridized carbons (Fsp3) is 0.333. The van der Waals surface area contributed by atoms with E-state index in [1.165, 1.54) is 6.92 Å². The van der Waals surface area contributed by atoms with Gasteiger partial charge in [0, 0.05) is 31.6 Å². The molecule has 19 heavy (non-hydrogen) atoms. The molecular formula is C15H18N2O2. The van der Waals surface area contributed by atoms with Gasteiger partial charge in [0.2, 0.25) is 5.91 Å². The number of fused-ring (bicyclic) bond motifs is 1. The van der Waals surface area contributed by atoms with Gasteiger partial charge in [-0.25, -0.2) is 0 Å². The van der Waals surface area contributed by atoms with Crippen LogP contribution in [0.15, 0.2) is 30.9 Å². The van der Waals surface area contributed by atoms with E-state index in [1.54, 1.807) is 18.0 Å². The Balaban J connectivity index is 2.66. The molecule has 1 aromatic carbocycles. The van der Waals surface area contributed by atoms with Crippen molar-refractivity contribution in [2.75, 3.05) is 11.9 Å². The van der Waals surface area contributed by atoms with Crippen LogP contribution in [-0.4, -0.2) is 18.9 Å². The zero-order chi connectivity index (χ0) is 14.2. The van der Waals surface area contributed by atoms with Crippen LogP contribution >= 0.6 is 0 Å². The molecule has 0 aromatic heterocycles. The molecule has 2 amide bonds. The van der Waals surface area contributed by atoms with E-state index in [-0.39, 0.29) is 11.8 Å². The largest absolute Gasteiger partial charge is 0.338 e. The van der Waals surface area contributed by atoms with Gasteiger partial charge in [0.15, 0.2) is 5.54 Å². The van der Waals surface area contributed by atoms with Gasteiger partial charge in [0.05, 0.1) is 0 Å². The number of carbonyl (C=O) groups excluding carboxylic acids is 2. The van der Waals surface area contributed by atoms with E-state index in [9.17, 15) is 9.59 Å². The normalized spacial score (nSPS) is 21.2. The molecule has 0 aliphatic carbocycles. The lowest BCUT2D eigenvalue weighted by atomic mass is 9.87. The van der Waals surface area contributed by atoms with Gasteiger partial charge in [-0.2, -0.15) is 0 Å². The van der Waals surface area contributed by atoms with Crippen molar-refractivity contribution in [1.82, 2.24) is 5.32 Å². The van der Waals surface area contributed by atoms with Crippen molar-refractivity contribution in [1.29, 1.82) is 0 Å². The summed E-state index contributed by atoms with van der Waals surface area (Å²) in [5.41, 5.74) is 1.73. The van der Waals surface area contributed by atoms with E-state index in [0.29, 0.717) is 6.42 Å². The summed E-state index contributed by atoms with van der Waals surface area (Å²) in [6, 6.07) is 5.83. The first-order chi connectivity index (χ1) is 8.92. The maximum absolute atomic E-state index is 12.6. The topological polar surface area (TPSA) is 49.4 Å². The van der Waals surface area contributed by atoms with E-state index in [0.717, 1.165) is 16.8 Å². The third kappa shape index (κ3) is 1.93. The molecule has 1 atom stereocenters. The molecule has 0 radical (unpaired) electrons. The highest BCUT2D eigenvalue weighted by Crippen LogP contribution is 2.42. The highest BCUT2D eigenvalue weighted by atomic mass is 16.2. The Hall–Kier alpha value is -2.10. The van der Waals surface area contributed by atoms with Crippen molar-refractivity contribution in [3.63, 3.8) is 0 Å². The summed E-state index contributed by atoms with van der Waals surface area (Å²) in [6.07, 6.45) is 2.05. The summed E-state index contributed by atoms with van der Waals surface area (Å²) in [5, 5.41) is 2.82. The van der Waals surface area contributed by atoms with Crippen LogP contribution in [-0.2, 0) is 15.1 Å². The predicted octanol–water partition coefficient (Wildman–Crippen LogP) is 1.88. The minimum Gasteiger partial charge on any atom is -0.338 e. The minimum absolute atomic E-state index is 0.122. The number of nitrogens with zero attached hydrogens (tertiary/aromatic N) is 1. The van der Waals surface area contributed by atoms with Crippen LogP contribution in [0, 0.1) is 6.92 Å². The zero-order valence-corrected chi connectivity index (χ0v) is 11.5. The Morgan fingerprint density at radius 1 is 1.53 bits per heavy atom. The number of hydrogen-bond donors (Lipinski definition) is 1. The molecule has 4 heteroatoms. The number of rotatable bonds is 3. The van der Waals surface area contributed by atoms with Gasteiger partial charge in [-0.05, 0) is 13.0 Å². The van der Waals surface area contributed by atoms with Crippen LogP contribution in [0.3, 0.4) is 0 Å². The Kier molecular flexibility index (Phi) is 3.18. The minimum atomic E-state index is -1.01. The molecule has 1 aliphatic rings. The molecule has 4 nitrogen and oxygen atoms in total. The number of carbonyl (C=O) groups is 2. The molecule has 0 saturated heterocycles. The van der Waals surface area contributed by atoms with Gasteiger partial charge in [-0.15, -0.1) is 6.58 Å². The summed E-state index contributed by atoms with van der Waals surface area (Å²) in [6.45, 7) is 7.10. The Morgan fingerprint density at radius 3 is 2.79 bits per heavy atom. The molecule has 1 aromatic rings. The molecule has 1 heterocycles. The first-order valence-corrected chi connectivity index (χ1v) is 6.21. The standard InChI is InChI=1S/C15H18N2O2/c1-5-8-15(16-11(3)18)12-9-10(2)6-7-13(12)17(4)14(15)19/h5-7,9H,1,8H2,2-4H3,(H,16,18). The Labute approximate surface area is 113 Å². The lowest BCUT2D eigenvalue weighted by Crippen LogP contribution is -2.51. The summed E-state index contributed by atoms with van der Waals surface area (Å²) in [7, 11) is 1.73. The number of likely N-dealkylation sites (N-methyl/N-ethyl adjacent to an activating group) is 1. The quantitative estimate of drug-likeness (QED) is 0.842. The maximum atomic E-state index is 12.6. The lowest BCUT2D eigenvalue weighted by Gasteiger charge is -2.28. The van der Waals surface area contributed by atoms with Crippen molar-refractivity contribution in [3.05, 3.63) is 42.0 Å². The predicted molar refractivity (Wildman–Crippen MR) is 74.9 cm³/mol. The number of anilines is 1. The second-order valence-electron chi connectivity index (χ2n) is 4.96. The fourth-order valence-electron chi connectivity index (χ4n) is 2.68. The number of nitrogens with one attached hydrogen (secondary N) is 1.